The molecule has 0 saturated carbocycles. The fourth-order valence-electron chi connectivity index (χ4n) is 1.46. The Morgan fingerprint density at radius 3 is 2.75 bits per heavy atom. The maximum Gasteiger partial charge on any atom is 0.247 e. The van der Waals surface area contributed by atoms with E-state index < -0.39 is 5.54 Å². The van der Waals surface area contributed by atoms with Crippen LogP contribution in [0, 0.1) is 0 Å². The van der Waals surface area contributed by atoms with Gasteiger partial charge in [-0.25, -0.2) is 0 Å². The average Bonchev–Trinajstić information content (AvgIpc) is 2.05. The van der Waals surface area contributed by atoms with E-state index in [9.17, 15) is 4.79 Å². The van der Waals surface area contributed by atoms with Crippen molar-refractivity contribution in [3.05, 3.63) is 23.9 Å². The van der Waals surface area contributed by atoms with E-state index in [-0.39, 0.29) is 5.91 Å². The van der Waals surface area contributed by atoms with Crippen molar-refractivity contribution in [3.63, 3.8) is 0 Å². The number of allylic oxidation sites excluding steroid dienone is 2. The van der Waals surface area contributed by atoms with Crippen LogP contribution in [0.15, 0.2) is 23.9 Å². The summed E-state index contributed by atoms with van der Waals surface area (Å²) in [5.41, 5.74) is 5.64. The minimum absolute atomic E-state index is 0.317. The third-order valence-electron chi connectivity index (χ3n) is 2.40. The molecule has 0 aromatic rings. The number of rotatable bonds is 2. The monoisotopic (exact) mass is 166 g/mol. The lowest BCUT2D eigenvalue weighted by Gasteiger charge is -2.32. The minimum atomic E-state index is -0.658. The quantitative estimate of drug-likeness (QED) is 0.634. The molecule has 0 spiro atoms. The average molecular weight is 166 g/mol. The summed E-state index contributed by atoms with van der Waals surface area (Å²) in [6.07, 6.45) is 6.20. The van der Waals surface area contributed by atoms with Gasteiger partial charge in [0.2, 0.25) is 5.91 Å². The fraction of sp³-hybridized carbons (Fsp3) is 0.444. The lowest BCUT2D eigenvalue weighted by Crippen LogP contribution is -2.54. The Balaban J connectivity index is 3.03. The van der Waals surface area contributed by atoms with Crippen LogP contribution in [-0.4, -0.2) is 11.4 Å². The molecule has 0 bridgehead atoms. The zero-order chi connectivity index (χ0) is 9.19. The van der Waals surface area contributed by atoms with Gasteiger partial charge in [0.05, 0.1) is 0 Å². The van der Waals surface area contributed by atoms with Crippen LogP contribution in [0.1, 0.15) is 20.3 Å². The second-order valence-electron chi connectivity index (χ2n) is 2.98. The highest BCUT2D eigenvalue weighted by atomic mass is 16.1. The predicted molar refractivity (Wildman–Crippen MR) is 48.2 cm³/mol. The molecule has 0 saturated heterocycles. The molecule has 1 amide bonds. The van der Waals surface area contributed by atoms with Crippen molar-refractivity contribution in [2.75, 3.05) is 0 Å². The molecule has 1 aliphatic rings. The standard InChI is InChI=1S/C9H14N2O/c1-3-9(8(10)12)7(2)5-4-6-11-9/h4-6,11H,3H2,1-2H3,(H2,10,12). The molecule has 3 nitrogen and oxygen atoms in total. The van der Waals surface area contributed by atoms with E-state index in [2.05, 4.69) is 5.32 Å². The molecule has 0 radical (unpaired) electrons. The van der Waals surface area contributed by atoms with Crippen molar-refractivity contribution in [2.24, 2.45) is 5.73 Å². The molecule has 3 heteroatoms. The second kappa shape index (κ2) is 3.01. The van der Waals surface area contributed by atoms with Crippen molar-refractivity contribution in [1.29, 1.82) is 0 Å². The summed E-state index contributed by atoms with van der Waals surface area (Å²) in [6.45, 7) is 3.85. The molecule has 66 valence electrons. The summed E-state index contributed by atoms with van der Waals surface area (Å²) in [7, 11) is 0. The smallest absolute Gasteiger partial charge is 0.247 e. The van der Waals surface area contributed by atoms with Crippen molar-refractivity contribution < 1.29 is 4.79 Å². The van der Waals surface area contributed by atoms with Crippen LogP contribution in [-0.2, 0) is 4.79 Å². The lowest BCUT2D eigenvalue weighted by molar-refractivity contribution is -0.122. The first-order chi connectivity index (χ1) is 5.63. The Morgan fingerprint density at radius 1 is 1.75 bits per heavy atom. The highest BCUT2D eigenvalue weighted by molar-refractivity contribution is 5.88. The molecule has 1 unspecified atom stereocenters. The maximum absolute atomic E-state index is 11.2. The molecule has 0 aliphatic carbocycles. The number of hydrogen-bond donors (Lipinski definition) is 2. The van der Waals surface area contributed by atoms with E-state index in [1.54, 1.807) is 6.20 Å². The maximum atomic E-state index is 11.2. The van der Waals surface area contributed by atoms with E-state index in [4.69, 9.17) is 5.73 Å². The zero-order valence-electron chi connectivity index (χ0n) is 7.42. The number of hydrogen-bond acceptors (Lipinski definition) is 2. The molecule has 12 heavy (non-hydrogen) atoms. The van der Waals surface area contributed by atoms with Gasteiger partial charge in [-0.15, -0.1) is 0 Å². The number of nitrogens with one attached hydrogen (secondary N) is 1. The van der Waals surface area contributed by atoms with Gasteiger partial charge in [-0.1, -0.05) is 13.0 Å². The van der Waals surface area contributed by atoms with Gasteiger partial charge in [0.15, 0.2) is 0 Å². The summed E-state index contributed by atoms with van der Waals surface area (Å²) in [4.78, 5) is 11.2. The SMILES string of the molecule is CCC1(C(N)=O)NC=CC=C1C. The van der Waals surface area contributed by atoms with Gasteiger partial charge in [-0.2, -0.15) is 0 Å². The van der Waals surface area contributed by atoms with Crippen molar-refractivity contribution in [1.82, 2.24) is 5.32 Å². The van der Waals surface area contributed by atoms with E-state index in [0.717, 1.165) is 5.57 Å². The largest absolute Gasteiger partial charge is 0.374 e. The minimum Gasteiger partial charge on any atom is -0.374 e. The van der Waals surface area contributed by atoms with Gasteiger partial charge >= 0.3 is 0 Å². The third kappa shape index (κ3) is 1.11. The van der Waals surface area contributed by atoms with Gasteiger partial charge in [0, 0.05) is 0 Å². The molecule has 0 fully saturated rings. The number of dihydropyridines is 1. The van der Waals surface area contributed by atoms with Crippen LogP contribution >= 0.6 is 0 Å². The normalized spacial score (nSPS) is 27.7. The topological polar surface area (TPSA) is 55.1 Å². The highest BCUT2D eigenvalue weighted by Gasteiger charge is 2.36. The van der Waals surface area contributed by atoms with Crippen LogP contribution in [0.5, 0.6) is 0 Å². The van der Waals surface area contributed by atoms with E-state index in [1.165, 1.54) is 0 Å². The number of carbonyl (C=O) groups excluding carboxylic acids is 1. The molecular formula is C9H14N2O. The van der Waals surface area contributed by atoms with Gasteiger partial charge in [-0.3, -0.25) is 4.79 Å². The van der Waals surface area contributed by atoms with Gasteiger partial charge in [0.1, 0.15) is 5.54 Å². The summed E-state index contributed by atoms with van der Waals surface area (Å²) in [5.74, 6) is -0.317. The lowest BCUT2D eigenvalue weighted by atomic mass is 9.85. The summed E-state index contributed by atoms with van der Waals surface area (Å²) >= 11 is 0. The van der Waals surface area contributed by atoms with Gasteiger partial charge < -0.3 is 11.1 Å². The van der Waals surface area contributed by atoms with E-state index in [0.29, 0.717) is 6.42 Å². The fourth-order valence-corrected chi connectivity index (χ4v) is 1.46. The first-order valence-corrected chi connectivity index (χ1v) is 4.05. The Morgan fingerprint density at radius 2 is 2.42 bits per heavy atom. The van der Waals surface area contributed by atoms with Crippen molar-refractivity contribution in [2.45, 2.75) is 25.8 Å². The molecular weight excluding hydrogens is 152 g/mol. The number of nitrogens with two attached hydrogens (primary N) is 1. The summed E-state index contributed by atoms with van der Waals surface area (Å²) in [6, 6.07) is 0. The van der Waals surface area contributed by atoms with Crippen molar-refractivity contribution in [3.8, 4) is 0 Å². The first-order valence-electron chi connectivity index (χ1n) is 4.05. The Labute approximate surface area is 72.3 Å². The number of carbonyl (C=O) groups is 1. The molecule has 3 N–H and O–H groups in total. The predicted octanol–water partition coefficient (Wildman–Crippen LogP) is 0.684. The Bertz CT molecular complexity index is 255. The molecule has 0 aromatic carbocycles. The van der Waals surface area contributed by atoms with Crippen molar-refractivity contribution >= 4 is 5.91 Å². The van der Waals surface area contributed by atoms with E-state index in [1.807, 2.05) is 26.0 Å². The highest BCUT2D eigenvalue weighted by Crippen LogP contribution is 2.22. The van der Waals surface area contributed by atoms with Crippen LogP contribution in [0.3, 0.4) is 0 Å². The van der Waals surface area contributed by atoms with Gasteiger partial charge in [-0.05, 0) is 31.2 Å². The molecule has 1 atom stereocenters. The van der Waals surface area contributed by atoms with Crippen LogP contribution in [0.4, 0.5) is 0 Å². The summed E-state index contributed by atoms with van der Waals surface area (Å²) < 4.78 is 0. The molecule has 1 rings (SSSR count). The number of primary amides is 1. The summed E-state index contributed by atoms with van der Waals surface area (Å²) in [5, 5.41) is 3.01. The molecule has 1 aliphatic heterocycles. The van der Waals surface area contributed by atoms with Crippen LogP contribution in [0.25, 0.3) is 0 Å². The third-order valence-corrected chi connectivity index (χ3v) is 2.40. The Hall–Kier alpha value is -1.25. The number of amides is 1. The van der Waals surface area contributed by atoms with Crippen LogP contribution in [0.2, 0.25) is 0 Å². The zero-order valence-corrected chi connectivity index (χ0v) is 7.42. The molecule has 0 aromatic heterocycles. The van der Waals surface area contributed by atoms with Crippen LogP contribution < -0.4 is 11.1 Å². The Kier molecular flexibility index (Phi) is 2.22. The van der Waals surface area contributed by atoms with Gasteiger partial charge in [0.25, 0.3) is 0 Å². The second-order valence-corrected chi connectivity index (χ2v) is 2.98. The van der Waals surface area contributed by atoms with E-state index >= 15 is 0 Å². The first kappa shape index (κ1) is 8.84. The molecule has 1 heterocycles.